The van der Waals surface area contributed by atoms with E-state index in [-0.39, 0.29) is 5.69 Å². The summed E-state index contributed by atoms with van der Waals surface area (Å²) in [5.41, 5.74) is 0.482. The van der Waals surface area contributed by atoms with Crippen LogP contribution in [0.3, 0.4) is 0 Å². The predicted octanol–water partition coefficient (Wildman–Crippen LogP) is 3.49. The van der Waals surface area contributed by atoms with Crippen LogP contribution in [0.5, 0.6) is 0 Å². The van der Waals surface area contributed by atoms with Crippen LogP contribution in [0.2, 0.25) is 0 Å². The number of para-hydroxylation sites is 1. The van der Waals surface area contributed by atoms with Crippen LogP contribution in [0, 0.1) is 11.6 Å². The summed E-state index contributed by atoms with van der Waals surface area (Å²) in [6.07, 6.45) is 0. The number of hydrogen-bond donors (Lipinski definition) is 1. The monoisotopic (exact) mass is 315 g/mol. The molecule has 3 rings (SSSR count). The summed E-state index contributed by atoms with van der Waals surface area (Å²) in [6, 6.07) is 11.4. The third-order valence-corrected chi connectivity index (χ3v) is 3.31. The summed E-state index contributed by atoms with van der Waals surface area (Å²) >= 11 is 0. The van der Waals surface area contributed by atoms with Gasteiger partial charge in [-0.05, 0) is 30.3 Å². The number of Topliss-reactive ketones (excluding diaryl/α,β-unsaturated/α-hetero) is 1. The number of ketones is 1. The van der Waals surface area contributed by atoms with E-state index in [9.17, 15) is 18.4 Å². The fourth-order valence-corrected chi connectivity index (χ4v) is 2.18. The SMILES string of the molecule is O=C(OCC(=O)c1cc(F)ccc1F)c1cc2ccccc2[nH]1. The molecule has 0 aliphatic heterocycles. The second-order valence-electron chi connectivity index (χ2n) is 4.89. The zero-order chi connectivity index (χ0) is 16.4. The number of hydrogen-bond acceptors (Lipinski definition) is 3. The summed E-state index contributed by atoms with van der Waals surface area (Å²) in [5.74, 6) is -3.16. The molecule has 0 amide bonds. The highest BCUT2D eigenvalue weighted by atomic mass is 19.1. The molecule has 0 radical (unpaired) electrons. The van der Waals surface area contributed by atoms with Gasteiger partial charge in [-0.1, -0.05) is 18.2 Å². The van der Waals surface area contributed by atoms with Crippen molar-refractivity contribution in [1.29, 1.82) is 0 Å². The van der Waals surface area contributed by atoms with E-state index in [1.165, 1.54) is 0 Å². The normalized spacial score (nSPS) is 10.7. The molecule has 6 heteroatoms. The number of carbonyl (C=O) groups excluding carboxylic acids is 2. The number of ether oxygens (including phenoxy) is 1. The van der Waals surface area contributed by atoms with Crippen LogP contribution in [-0.4, -0.2) is 23.3 Å². The minimum absolute atomic E-state index is 0.179. The molecule has 2 aromatic carbocycles. The van der Waals surface area contributed by atoms with Crippen LogP contribution in [0.4, 0.5) is 8.78 Å². The molecule has 0 spiro atoms. The number of benzene rings is 2. The lowest BCUT2D eigenvalue weighted by Crippen LogP contribution is -2.15. The number of rotatable bonds is 4. The van der Waals surface area contributed by atoms with Crippen molar-refractivity contribution in [2.45, 2.75) is 0 Å². The third kappa shape index (κ3) is 3.11. The average molecular weight is 315 g/mol. The summed E-state index contributed by atoms with van der Waals surface area (Å²) in [4.78, 5) is 26.6. The molecule has 0 bridgehead atoms. The van der Waals surface area contributed by atoms with Gasteiger partial charge >= 0.3 is 5.97 Å². The van der Waals surface area contributed by atoms with E-state index in [2.05, 4.69) is 4.98 Å². The minimum atomic E-state index is -0.863. The number of halogens is 2. The second kappa shape index (κ2) is 6.00. The van der Waals surface area contributed by atoms with Gasteiger partial charge in [-0.3, -0.25) is 4.79 Å². The lowest BCUT2D eigenvalue weighted by Gasteiger charge is -2.04. The smallest absolute Gasteiger partial charge is 0.355 e. The Labute approximate surface area is 129 Å². The first-order valence-electron chi connectivity index (χ1n) is 6.78. The highest BCUT2D eigenvalue weighted by Crippen LogP contribution is 2.16. The molecule has 0 saturated carbocycles. The van der Waals surface area contributed by atoms with Crippen LogP contribution in [0.1, 0.15) is 20.8 Å². The molecular formula is C17H11F2NO3. The molecular weight excluding hydrogens is 304 g/mol. The fourth-order valence-electron chi connectivity index (χ4n) is 2.18. The first kappa shape index (κ1) is 14.9. The number of aromatic nitrogens is 1. The maximum absolute atomic E-state index is 13.5. The molecule has 3 aromatic rings. The van der Waals surface area contributed by atoms with E-state index < -0.39 is 35.6 Å². The zero-order valence-corrected chi connectivity index (χ0v) is 11.8. The molecule has 23 heavy (non-hydrogen) atoms. The molecule has 0 atom stereocenters. The summed E-state index contributed by atoms with van der Waals surface area (Å²) in [6.45, 7) is -0.672. The van der Waals surface area contributed by atoms with Crippen LogP contribution in [-0.2, 0) is 4.74 Å². The number of carbonyl (C=O) groups is 2. The molecule has 1 heterocycles. The van der Waals surface area contributed by atoms with Crippen molar-refractivity contribution in [1.82, 2.24) is 4.98 Å². The molecule has 0 saturated heterocycles. The number of H-pyrrole nitrogens is 1. The molecule has 1 N–H and O–H groups in total. The van der Waals surface area contributed by atoms with Crippen molar-refractivity contribution in [3.63, 3.8) is 0 Å². The van der Waals surface area contributed by atoms with Gasteiger partial charge in [-0.25, -0.2) is 13.6 Å². The van der Waals surface area contributed by atoms with Gasteiger partial charge in [0.15, 0.2) is 6.61 Å². The Bertz CT molecular complexity index is 869. The maximum atomic E-state index is 13.5. The van der Waals surface area contributed by atoms with E-state index >= 15 is 0 Å². The van der Waals surface area contributed by atoms with Crippen molar-refractivity contribution < 1.29 is 23.1 Å². The van der Waals surface area contributed by atoms with Gasteiger partial charge in [0.1, 0.15) is 17.3 Å². The van der Waals surface area contributed by atoms with E-state index in [4.69, 9.17) is 4.74 Å². The summed E-state index contributed by atoms with van der Waals surface area (Å²) in [7, 11) is 0. The molecule has 0 fully saturated rings. The van der Waals surface area contributed by atoms with Crippen molar-refractivity contribution in [2.75, 3.05) is 6.61 Å². The van der Waals surface area contributed by atoms with Crippen LogP contribution in [0.15, 0.2) is 48.5 Å². The maximum Gasteiger partial charge on any atom is 0.355 e. The van der Waals surface area contributed by atoms with E-state index in [1.807, 2.05) is 18.2 Å². The quantitative estimate of drug-likeness (QED) is 0.592. The second-order valence-corrected chi connectivity index (χ2v) is 4.89. The van der Waals surface area contributed by atoms with Crippen LogP contribution >= 0.6 is 0 Å². The highest BCUT2D eigenvalue weighted by molar-refractivity contribution is 6.00. The van der Waals surface area contributed by atoms with Crippen molar-refractivity contribution in [3.8, 4) is 0 Å². The topological polar surface area (TPSA) is 59.2 Å². The van der Waals surface area contributed by atoms with Gasteiger partial charge in [0.05, 0.1) is 5.56 Å². The Morgan fingerprint density at radius 3 is 2.61 bits per heavy atom. The molecule has 0 aliphatic carbocycles. The fraction of sp³-hybridized carbons (Fsp3) is 0.0588. The van der Waals surface area contributed by atoms with Crippen LogP contribution in [0.25, 0.3) is 10.9 Å². The first-order valence-corrected chi connectivity index (χ1v) is 6.78. The van der Waals surface area contributed by atoms with Gasteiger partial charge in [-0.15, -0.1) is 0 Å². The number of aromatic amines is 1. The Kier molecular flexibility index (Phi) is 3.89. The van der Waals surface area contributed by atoms with Gasteiger partial charge < -0.3 is 9.72 Å². The van der Waals surface area contributed by atoms with E-state index in [0.717, 1.165) is 29.1 Å². The number of fused-ring (bicyclic) bond motifs is 1. The standard InChI is InChI=1S/C17H11F2NO3/c18-11-5-6-13(19)12(8-11)16(21)9-23-17(22)15-7-10-3-1-2-4-14(10)20-15/h1-8,20H,9H2. The predicted molar refractivity (Wildman–Crippen MR) is 79.3 cm³/mol. The van der Waals surface area contributed by atoms with Gasteiger partial charge in [0.25, 0.3) is 0 Å². The van der Waals surface area contributed by atoms with Gasteiger partial charge in [0, 0.05) is 10.9 Å². The van der Waals surface area contributed by atoms with E-state index in [1.54, 1.807) is 12.1 Å². The highest BCUT2D eigenvalue weighted by Gasteiger charge is 2.17. The van der Waals surface area contributed by atoms with Crippen molar-refractivity contribution in [3.05, 3.63) is 71.4 Å². The molecule has 1 aromatic heterocycles. The van der Waals surface area contributed by atoms with Crippen molar-refractivity contribution >= 4 is 22.7 Å². The van der Waals surface area contributed by atoms with E-state index in [0.29, 0.717) is 0 Å². The number of nitrogens with one attached hydrogen (secondary N) is 1. The average Bonchev–Trinajstić information content (AvgIpc) is 2.98. The molecule has 0 unspecified atom stereocenters. The Morgan fingerprint density at radius 1 is 1.04 bits per heavy atom. The number of esters is 1. The van der Waals surface area contributed by atoms with Crippen LogP contribution < -0.4 is 0 Å². The molecule has 0 aliphatic rings. The summed E-state index contributed by atoms with van der Waals surface area (Å²) in [5, 5.41) is 0.821. The Morgan fingerprint density at radius 2 is 1.83 bits per heavy atom. The lowest BCUT2D eigenvalue weighted by atomic mass is 10.1. The lowest BCUT2D eigenvalue weighted by molar-refractivity contribution is 0.0468. The Balaban J connectivity index is 1.71. The van der Waals surface area contributed by atoms with Gasteiger partial charge in [0.2, 0.25) is 5.78 Å². The molecule has 116 valence electrons. The third-order valence-electron chi connectivity index (χ3n) is 3.31. The largest absolute Gasteiger partial charge is 0.453 e. The van der Waals surface area contributed by atoms with Crippen molar-refractivity contribution in [2.24, 2.45) is 0 Å². The summed E-state index contributed by atoms with van der Waals surface area (Å²) < 4.78 is 31.4. The minimum Gasteiger partial charge on any atom is -0.453 e. The Hall–Kier alpha value is -3.02. The first-order chi connectivity index (χ1) is 11.0. The zero-order valence-electron chi connectivity index (χ0n) is 11.8. The molecule has 4 nitrogen and oxygen atoms in total. The van der Waals surface area contributed by atoms with Gasteiger partial charge in [-0.2, -0.15) is 0 Å².